The smallest absolute Gasteiger partial charge is 0.322 e. The van der Waals surface area contributed by atoms with Crippen LogP contribution in [0.15, 0.2) is 42.5 Å². The number of rotatable bonds is 4. The molecule has 2 aliphatic rings. The molecule has 3 N–H and O–H groups in total. The Morgan fingerprint density at radius 3 is 2.44 bits per heavy atom. The number of fused-ring (bicyclic) bond motifs is 4. The summed E-state index contributed by atoms with van der Waals surface area (Å²) in [5.41, 5.74) is 3.00. The second-order valence-corrected chi connectivity index (χ2v) is 10.8. The van der Waals surface area contributed by atoms with E-state index in [1.165, 1.54) is 24.3 Å². The molecule has 10 heteroatoms. The Labute approximate surface area is 227 Å². The van der Waals surface area contributed by atoms with Gasteiger partial charge in [0.15, 0.2) is 0 Å². The molecule has 0 unspecified atom stereocenters. The molecule has 0 bridgehead atoms. The summed E-state index contributed by atoms with van der Waals surface area (Å²) in [6.45, 7) is 5.08. The second kappa shape index (κ2) is 10.4. The molecule has 208 valence electrons. The number of amides is 4. The normalized spacial score (nSPS) is 18.4. The monoisotopic (exact) mass is 537 g/mol. The number of hydrogen-bond acceptors (Lipinski definition) is 4. The lowest BCUT2D eigenvalue weighted by molar-refractivity contribution is 0.0767. The van der Waals surface area contributed by atoms with Crippen LogP contribution in [-0.2, 0) is 12.5 Å². The number of nitrogens with zero attached hydrogens (tertiary/aromatic N) is 3. The summed E-state index contributed by atoms with van der Waals surface area (Å²) < 4.78 is 21.0. The first kappa shape index (κ1) is 26.8. The van der Waals surface area contributed by atoms with Crippen LogP contribution in [0.25, 0.3) is 10.9 Å². The topological polar surface area (TPSA) is 99.1 Å². The lowest BCUT2D eigenvalue weighted by Crippen LogP contribution is -2.57. The number of carbonyl (C=O) groups excluding carboxylic acids is 2. The number of halogens is 1. The van der Waals surface area contributed by atoms with Crippen LogP contribution in [-0.4, -0.2) is 70.9 Å². The molecule has 3 heterocycles. The first-order valence-corrected chi connectivity index (χ1v) is 13.3. The van der Waals surface area contributed by atoms with Crippen LogP contribution in [0.4, 0.5) is 19.7 Å². The second-order valence-electron chi connectivity index (χ2n) is 10.8. The summed E-state index contributed by atoms with van der Waals surface area (Å²) in [7, 11) is 3.57. The third kappa shape index (κ3) is 4.78. The fraction of sp³-hybridized carbons (Fsp3) is 0.448. The van der Waals surface area contributed by atoms with Crippen molar-refractivity contribution in [1.29, 1.82) is 0 Å². The molecule has 9 nitrogen and oxygen atoms in total. The third-order valence-electron chi connectivity index (χ3n) is 8.10. The number of hydrogen-bond donors (Lipinski definition) is 3. The molecule has 1 spiro atoms. The van der Waals surface area contributed by atoms with E-state index in [1.807, 2.05) is 42.5 Å². The minimum absolute atomic E-state index is 0.0404. The highest BCUT2D eigenvalue weighted by Crippen LogP contribution is 2.50. The molecule has 39 heavy (non-hydrogen) atoms. The largest absolute Gasteiger partial charge is 0.497 e. The van der Waals surface area contributed by atoms with E-state index in [2.05, 4.69) is 16.7 Å². The molecule has 1 saturated heterocycles. The van der Waals surface area contributed by atoms with E-state index in [0.29, 0.717) is 38.2 Å². The van der Waals surface area contributed by atoms with E-state index in [4.69, 9.17) is 4.74 Å². The maximum Gasteiger partial charge on any atom is 0.322 e. The zero-order chi connectivity index (χ0) is 27.9. The van der Waals surface area contributed by atoms with Crippen LogP contribution in [0.2, 0.25) is 0 Å². The van der Waals surface area contributed by atoms with Crippen molar-refractivity contribution < 1.29 is 23.8 Å². The van der Waals surface area contributed by atoms with Gasteiger partial charge in [-0.3, -0.25) is 0 Å². The number of aliphatic hydroxyl groups is 1. The van der Waals surface area contributed by atoms with Crippen LogP contribution in [0, 0.1) is 5.82 Å². The van der Waals surface area contributed by atoms with Gasteiger partial charge in [0, 0.05) is 61.0 Å². The SMILES string of the molecule is COc1ccc2c3c(n(C)c2c1)[C@H](CO)N(C(=O)Nc1ccc(F)cc1)CC31CCN(C(=O)NC(C)C)CC1. The lowest BCUT2D eigenvalue weighted by Gasteiger charge is -2.50. The number of aryl methyl sites for hydroxylation is 1. The molecule has 3 aromatic rings. The number of aromatic nitrogens is 1. The third-order valence-corrected chi connectivity index (χ3v) is 8.10. The van der Waals surface area contributed by atoms with E-state index in [1.54, 1.807) is 12.0 Å². The van der Waals surface area contributed by atoms with Gasteiger partial charge in [0.2, 0.25) is 0 Å². The Morgan fingerprint density at radius 2 is 1.82 bits per heavy atom. The van der Waals surface area contributed by atoms with Crippen LogP contribution in [0.3, 0.4) is 0 Å². The van der Waals surface area contributed by atoms with Gasteiger partial charge in [-0.1, -0.05) is 0 Å². The van der Waals surface area contributed by atoms with Gasteiger partial charge in [0.05, 0.1) is 25.3 Å². The molecule has 2 aliphatic heterocycles. The van der Waals surface area contributed by atoms with Crippen molar-refractivity contribution in [3.8, 4) is 5.75 Å². The number of carbonyl (C=O) groups is 2. The highest BCUT2D eigenvalue weighted by atomic mass is 19.1. The van der Waals surface area contributed by atoms with Crippen molar-refractivity contribution in [3.63, 3.8) is 0 Å². The summed E-state index contributed by atoms with van der Waals surface area (Å²) in [5, 5.41) is 17.5. The zero-order valence-electron chi connectivity index (χ0n) is 22.8. The Bertz CT molecular complexity index is 1380. The minimum atomic E-state index is -0.586. The molecule has 1 aromatic heterocycles. The Hall–Kier alpha value is -3.79. The van der Waals surface area contributed by atoms with E-state index >= 15 is 0 Å². The number of benzene rings is 2. The van der Waals surface area contributed by atoms with Crippen molar-refractivity contribution in [3.05, 3.63) is 59.5 Å². The molecular formula is C29H36FN5O4. The first-order valence-electron chi connectivity index (χ1n) is 13.3. The molecule has 0 saturated carbocycles. The number of methoxy groups -OCH3 is 1. The molecule has 0 aliphatic carbocycles. The highest BCUT2D eigenvalue weighted by Gasteiger charge is 2.50. The Kier molecular flexibility index (Phi) is 7.15. The van der Waals surface area contributed by atoms with Crippen molar-refractivity contribution in [1.82, 2.24) is 19.7 Å². The number of anilines is 1. The van der Waals surface area contributed by atoms with Gasteiger partial charge >= 0.3 is 12.1 Å². The number of ether oxygens (including phenoxy) is 1. The van der Waals surface area contributed by atoms with E-state index in [0.717, 1.165) is 27.9 Å². The average molecular weight is 538 g/mol. The summed E-state index contributed by atoms with van der Waals surface area (Å²) in [4.78, 5) is 30.0. The van der Waals surface area contributed by atoms with E-state index in [9.17, 15) is 19.1 Å². The van der Waals surface area contributed by atoms with Gasteiger partial charge in [0.1, 0.15) is 11.6 Å². The molecule has 0 radical (unpaired) electrons. The number of piperidine rings is 1. The summed E-state index contributed by atoms with van der Waals surface area (Å²) in [6.07, 6.45) is 1.32. The van der Waals surface area contributed by atoms with E-state index in [-0.39, 0.29) is 30.5 Å². The van der Waals surface area contributed by atoms with Gasteiger partial charge in [-0.25, -0.2) is 14.0 Å². The molecular weight excluding hydrogens is 501 g/mol. The van der Waals surface area contributed by atoms with Crippen molar-refractivity contribution in [2.24, 2.45) is 7.05 Å². The first-order chi connectivity index (χ1) is 18.7. The molecule has 2 aromatic carbocycles. The standard InChI is InChI=1S/C29H36FN5O4/c1-18(2)31-27(37)34-13-11-29(12-14-34)17-35(28(38)32-20-7-5-19(30)6-8-20)24(16-36)26-25(29)22-10-9-21(39-4)15-23(22)33(26)3/h5-10,15,18,24,36H,11-14,16-17H2,1-4H3,(H,31,37)(H,32,38)/t24-/m0/s1. The van der Waals surface area contributed by atoms with Crippen molar-refractivity contribution in [2.75, 3.05) is 38.7 Å². The van der Waals surface area contributed by atoms with Crippen LogP contribution < -0.4 is 15.4 Å². The number of urea groups is 2. The molecule has 1 fully saturated rings. The maximum atomic E-state index is 13.7. The van der Waals surface area contributed by atoms with Crippen molar-refractivity contribution in [2.45, 2.75) is 44.2 Å². The number of nitrogens with one attached hydrogen (secondary N) is 2. The fourth-order valence-corrected chi connectivity index (χ4v) is 6.18. The summed E-state index contributed by atoms with van der Waals surface area (Å²) in [6, 6.07) is 10.6. The number of aliphatic hydroxyl groups excluding tert-OH is 1. The van der Waals surface area contributed by atoms with Crippen LogP contribution in [0.1, 0.15) is 44.0 Å². The molecule has 4 amide bonds. The summed E-state index contributed by atoms with van der Waals surface area (Å²) >= 11 is 0. The van der Waals surface area contributed by atoms with Gasteiger partial charge in [-0.2, -0.15) is 0 Å². The van der Waals surface area contributed by atoms with Gasteiger partial charge < -0.3 is 34.8 Å². The summed E-state index contributed by atoms with van der Waals surface area (Å²) in [5.74, 6) is 0.336. The van der Waals surface area contributed by atoms with Gasteiger partial charge in [-0.05, 0) is 68.7 Å². The van der Waals surface area contributed by atoms with Gasteiger partial charge in [0.25, 0.3) is 0 Å². The molecule has 5 rings (SSSR count). The predicted octanol–water partition coefficient (Wildman–Crippen LogP) is 4.36. The zero-order valence-corrected chi connectivity index (χ0v) is 22.8. The van der Waals surface area contributed by atoms with Gasteiger partial charge in [-0.15, -0.1) is 0 Å². The van der Waals surface area contributed by atoms with E-state index < -0.39 is 11.5 Å². The lowest BCUT2D eigenvalue weighted by atomic mass is 9.68. The van der Waals surface area contributed by atoms with Crippen molar-refractivity contribution >= 4 is 28.7 Å². The predicted molar refractivity (Wildman–Crippen MR) is 148 cm³/mol. The quantitative estimate of drug-likeness (QED) is 0.461. The Balaban J connectivity index is 1.57. The molecule has 1 atom stereocenters. The highest BCUT2D eigenvalue weighted by molar-refractivity contribution is 5.92. The maximum absolute atomic E-state index is 13.7. The number of likely N-dealkylation sites (tertiary alicyclic amines) is 1. The minimum Gasteiger partial charge on any atom is -0.497 e. The van der Waals surface area contributed by atoms with Crippen LogP contribution >= 0.6 is 0 Å². The Morgan fingerprint density at radius 1 is 1.13 bits per heavy atom. The fourth-order valence-electron chi connectivity index (χ4n) is 6.18. The average Bonchev–Trinajstić information content (AvgIpc) is 3.22. The van der Waals surface area contributed by atoms with Crippen LogP contribution in [0.5, 0.6) is 5.75 Å².